The van der Waals surface area contributed by atoms with Crippen LogP contribution in [0.15, 0.2) is 48.5 Å². The number of carboxylic acid groups (broad SMARTS) is 1. The second-order valence-electron chi connectivity index (χ2n) is 4.61. The van der Waals surface area contributed by atoms with Crippen LogP contribution in [0.5, 0.6) is 0 Å². The normalized spacial score (nSPS) is 10.2. The van der Waals surface area contributed by atoms with Gasteiger partial charge in [0.1, 0.15) is 0 Å². The molecule has 0 heterocycles. The summed E-state index contributed by atoms with van der Waals surface area (Å²) in [6, 6.07) is 14.7. The van der Waals surface area contributed by atoms with Gasteiger partial charge in [0.05, 0.1) is 5.56 Å². The van der Waals surface area contributed by atoms with Gasteiger partial charge in [-0.05, 0) is 42.8 Å². The van der Waals surface area contributed by atoms with Gasteiger partial charge in [-0.2, -0.15) is 0 Å². The second kappa shape index (κ2) is 6.10. The lowest BCUT2D eigenvalue weighted by atomic mass is 10.1. The SMILES string of the molecule is CCN(Cc1ccc(C(=O)O)cc1)c1cccc(N)c1. The molecule has 3 N–H and O–H groups in total. The molecule has 0 radical (unpaired) electrons. The summed E-state index contributed by atoms with van der Waals surface area (Å²) in [5.41, 5.74) is 8.98. The van der Waals surface area contributed by atoms with Gasteiger partial charge in [0.2, 0.25) is 0 Å². The number of nitrogens with zero attached hydrogens (tertiary/aromatic N) is 1. The van der Waals surface area contributed by atoms with Crippen LogP contribution >= 0.6 is 0 Å². The van der Waals surface area contributed by atoms with Crippen LogP contribution in [0.3, 0.4) is 0 Å². The Bertz CT molecular complexity index is 594. The van der Waals surface area contributed by atoms with Gasteiger partial charge in [-0.3, -0.25) is 0 Å². The number of anilines is 2. The number of rotatable bonds is 5. The Morgan fingerprint density at radius 3 is 2.45 bits per heavy atom. The van der Waals surface area contributed by atoms with Crippen LogP contribution in [0.2, 0.25) is 0 Å². The largest absolute Gasteiger partial charge is 0.478 e. The third kappa shape index (κ3) is 3.29. The van der Waals surface area contributed by atoms with E-state index in [0.29, 0.717) is 5.56 Å². The molecule has 0 spiro atoms. The van der Waals surface area contributed by atoms with E-state index in [0.717, 1.165) is 30.0 Å². The molecular formula is C16H18N2O2. The monoisotopic (exact) mass is 270 g/mol. The van der Waals surface area contributed by atoms with Gasteiger partial charge in [-0.15, -0.1) is 0 Å². The third-order valence-corrected chi connectivity index (χ3v) is 3.19. The summed E-state index contributed by atoms with van der Waals surface area (Å²) in [5, 5.41) is 8.89. The maximum Gasteiger partial charge on any atom is 0.335 e. The molecule has 2 aromatic carbocycles. The molecule has 0 aliphatic carbocycles. The fourth-order valence-corrected chi connectivity index (χ4v) is 2.08. The van der Waals surface area contributed by atoms with Crippen molar-refractivity contribution in [3.8, 4) is 0 Å². The number of hydrogen-bond donors (Lipinski definition) is 2. The number of benzene rings is 2. The summed E-state index contributed by atoms with van der Waals surface area (Å²) < 4.78 is 0. The maximum atomic E-state index is 10.8. The summed E-state index contributed by atoms with van der Waals surface area (Å²) in [5.74, 6) is -0.903. The van der Waals surface area contributed by atoms with Crippen molar-refractivity contribution in [3.63, 3.8) is 0 Å². The minimum absolute atomic E-state index is 0.306. The van der Waals surface area contributed by atoms with Crippen molar-refractivity contribution in [2.24, 2.45) is 0 Å². The number of carboxylic acids is 1. The van der Waals surface area contributed by atoms with Crippen molar-refractivity contribution in [2.75, 3.05) is 17.2 Å². The first-order valence-corrected chi connectivity index (χ1v) is 6.53. The highest BCUT2D eigenvalue weighted by Gasteiger charge is 2.07. The van der Waals surface area contributed by atoms with E-state index in [1.165, 1.54) is 0 Å². The number of nitrogen functional groups attached to an aromatic ring is 1. The van der Waals surface area contributed by atoms with Gasteiger partial charge in [-0.25, -0.2) is 4.79 Å². The number of aromatic carboxylic acids is 1. The predicted octanol–water partition coefficient (Wildman–Crippen LogP) is 2.99. The van der Waals surface area contributed by atoms with E-state index >= 15 is 0 Å². The fourth-order valence-electron chi connectivity index (χ4n) is 2.08. The Morgan fingerprint density at radius 2 is 1.90 bits per heavy atom. The molecule has 0 aliphatic heterocycles. The number of nitrogens with two attached hydrogens (primary N) is 1. The molecule has 0 saturated heterocycles. The van der Waals surface area contributed by atoms with Gasteiger partial charge < -0.3 is 15.7 Å². The summed E-state index contributed by atoms with van der Waals surface area (Å²) in [6.07, 6.45) is 0. The first-order valence-electron chi connectivity index (χ1n) is 6.53. The minimum atomic E-state index is -0.903. The molecule has 0 atom stereocenters. The first-order chi connectivity index (χ1) is 9.60. The van der Waals surface area contributed by atoms with Crippen molar-refractivity contribution in [3.05, 3.63) is 59.7 Å². The second-order valence-corrected chi connectivity index (χ2v) is 4.61. The smallest absolute Gasteiger partial charge is 0.335 e. The van der Waals surface area contributed by atoms with Crippen molar-refractivity contribution in [1.82, 2.24) is 0 Å². The maximum absolute atomic E-state index is 10.8. The van der Waals surface area contributed by atoms with Gasteiger partial charge in [0.25, 0.3) is 0 Å². The molecule has 104 valence electrons. The predicted molar refractivity (Wildman–Crippen MR) is 81.0 cm³/mol. The molecule has 4 nitrogen and oxygen atoms in total. The molecule has 2 aromatic rings. The highest BCUT2D eigenvalue weighted by atomic mass is 16.4. The minimum Gasteiger partial charge on any atom is -0.478 e. The van der Waals surface area contributed by atoms with Crippen molar-refractivity contribution in [1.29, 1.82) is 0 Å². The molecule has 0 unspecified atom stereocenters. The Morgan fingerprint density at radius 1 is 1.20 bits per heavy atom. The van der Waals surface area contributed by atoms with E-state index in [9.17, 15) is 4.79 Å². The fraction of sp³-hybridized carbons (Fsp3) is 0.188. The molecule has 4 heteroatoms. The Kier molecular flexibility index (Phi) is 4.25. The molecule has 0 amide bonds. The molecular weight excluding hydrogens is 252 g/mol. The van der Waals surface area contributed by atoms with Crippen LogP contribution in [-0.2, 0) is 6.54 Å². The van der Waals surface area contributed by atoms with Crippen molar-refractivity contribution in [2.45, 2.75) is 13.5 Å². The lowest BCUT2D eigenvalue weighted by molar-refractivity contribution is 0.0697. The zero-order valence-electron chi connectivity index (χ0n) is 11.4. The molecule has 2 rings (SSSR count). The molecule has 0 aromatic heterocycles. The summed E-state index contributed by atoms with van der Waals surface area (Å²) in [6.45, 7) is 3.65. The summed E-state index contributed by atoms with van der Waals surface area (Å²) >= 11 is 0. The van der Waals surface area contributed by atoms with Crippen LogP contribution in [0.1, 0.15) is 22.8 Å². The van der Waals surface area contributed by atoms with E-state index in [2.05, 4.69) is 11.8 Å². The zero-order valence-corrected chi connectivity index (χ0v) is 11.4. The van der Waals surface area contributed by atoms with Crippen LogP contribution < -0.4 is 10.6 Å². The van der Waals surface area contributed by atoms with Crippen molar-refractivity contribution >= 4 is 17.3 Å². The first kappa shape index (κ1) is 13.9. The highest BCUT2D eigenvalue weighted by Crippen LogP contribution is 2.19. The van der Waals surface area contributed by atoms with Crippen LogP contribution in [-0.4, -0.2) is 17.6 Å². The van der Waals surface area contributed by atoms with Crippen LogP contribution in [0, 0.1) is 0 Å². The lowest BCUT2D eigenvalue weighted by Gasteiger charge is -2.23. The third-order valence-electron chi connectivity index (χ3n) is 3.19. The van der Waals surface area contributed by atoms with E-state index in [1.54, 1.807) is 12.1 Å². The van der Waals surface area contributed by atoms with Crippen molar-refractivity contribution < 1.29 is 9.90 Å². The average Bonchev–Trinajstić information content (AvgIpc) is 2.45. The van der Waals surface area contributed by atoms with Gasteiger partial charge in [0.15, 0.2) is 0 Å². The Balaban J connectivity index is 2.16. The van der Waals surface area contributed by atoms with Gasteiger partial charge in [0, 0.05) is 24.5 Å². The van der Waals surface area contributed by atoms with Gasteiger partial charge >= 0.3 is 5.97 Å². The molecule has 0 saturated carbocycles. The summed E-state index contributed by atoms with van der Waals surface area (Å²) in [7, 11) is 0. The topological polar surface area (TPSA) is 66.6 Å². The van der Waals surface area contributed by atoms with E-state index in [4.69, 9.17) is 10.8 Å². The zero-order chi connectivity index (χ0) is 14.5. The average molecular weight is 270 g/mol. The molecule has 0 bridgehead atoms. The van der Waals surface area contributed by atoms with Gasteiger partial charge in [-0.1, -0.05) is 18.2 Å². The molecule has 0 aliphatic rings. The summed E-state index contributed by atoms with van der Waals surface area (Å²) in [4.78, 5) is 13.0. The Hall–Kier alpha value is -2.49. The number of carbonyl (C=O) groups is 1. The highest BCUT2D eigenvalue weighted by molar-refractivity contribution is 5.87. The Labute approximate surface area is 118 Å². The van der Waals surface area contributed by atoms with E-state index in [1.807, 2.05) is 36.4 Å². The van der Waals surface area contributed by atoms with E-state index < -0.39 is 5.97 Å². The standard InChI is InChI=1S/C16H18N2O2/c1-2-18(15-5-3-4-14(17)10-15)11-12-6-8-13(9-7-12)16(19)20/h3-10H,2,11,17H2,1H3,(H,19,20). The quantitative estimate of drug-likeness (QED) is 0.820. The molecule has 0 fully saturated rings. The van der Waals surface area contributed by atoms with E-state index in [-0.39, 0.29) is 0 Å². The van der Waals surface area contributed by atoms with Crippen LogP contribution in [0.25, 0.3) is 0 Å². The molecule has 20 heavy (non-hydrogen) atoms. The lowest BCUT2D eigenvalue weighted by Crippen LogP contribution is -2.22. The van der Waals surface area contributed by atoms with Crippen LogP contribution in [0.4, 0.5) is 11.4 Å². The number of hydrogen-bond acceptors (Lipinski definition) is 3.